The molecule has 2 aromatic heterocycles. The number of rotatable bonds is 6. The maximum Gasteiger partial charge on any atom is 0.327 e. The molecule has 0 aliphatic carbocycles. The van der Waals surface area contributed by atoms with E-state index >= 15 is 0 Å². The maximum absolute atomic E-state index is 13.0. The molecular formula is C24H26N6O3. The number of likely N-dealkylation sites (N-methyl/N-ethyl adjacent to an activating group) is 1. The third-order valence-electron chi connectivity index (χ3n) is 6.10. The van der Waals surface area contributed by atoms with Crippen molar-refractivity contribution in [2.24, 2.45) is 12.0 Å². The fourth-order valence-electron chi connectivity index (χ4n) is 4.22. The highest BCUT2D eigenvalue weighted by Crippen LogP contribution is 2.31. The molecule has 0 fully saturated rings. The molecule has 2 N–H and O–H groups in total. The molecule has 0 spiro atoms. The van der Waals surface area contributed by atoms with Gasteiger partial charge in [0.25, 0.3) is 5.82 Å². The molecule has 9 nitrogen and oxygen atoms in total. The van der Waals surface area contributed by atoms with Crippen LogP contribution >= 0.6 is 0 Å². The first-order chi connectivity index (χ1) is 15.6. The maximum atomic E-state index is 13.0. The van der Waals surface area contributed by atoms with E-state index in [1.165, 1.54) is 6.07 Å². The standard InChI is InChI=1S/C24H26N6O3/c1-15-7-5-8-16-21(25)17-9-6-10-18(23(17)27-22(15)16)24(31)26-13-14-30(3,4)20-12-11-19(28(20)2)29(32)33/h5-12H,13-14H2,1-4H3,(H2-,25,26,27,31). The summed E-state index contributed by atoms with van der Waals surface area (Å²) in [6.45, 7) is 2.70. The molecule has 2 heterocycles. The van der Waals surface area contributed by atoms with Crippen molar-refractivity contribution >= 4 is 45.0 Å². The van der Waals surface area contributed by atoms with Crippen molar-refractivity contribution in [1.82, 2.24) is 14.0 Å². The molecule has 4 aromatic rings. The van der Waals surface area contributed by atoms with Crippen LogP contribution in [0.1, 0.15) is 11.1 Å². The zero-order chi connectivity index (χ0) is 23.9. The molecule has 0 saturated carbocycles. The molecule has 0 bridgehead atoms. The fourth-order valence-corrected chi connectivity index (χ4v) is 4.22. The highest BCUT2D eigenvalue weighted by molar-refractivity contribution is 6.13. The first-order valence-corrected chi connectivity index (χ1v) is 10.5. The Labute approximate surface area is 191 Å². The number of pyridine rings is 1. The quantitative estimate of drug-likeness (QED) is 0.122. The number of benzene rings is 2. The molecule has 0 amide bonds. The van der Waals surface area contributed by atoms with Gasteiger partial charge in [-0.15, -0.1) is 0 Å². The molecule has 0 aliphatic rings. The van der Waals surface area contributed by atoms with E-state index in [-0.39, 0.29) is 18.3 Å². The van der Waals surface area contributed by atoms with Crippen LogP contribution in [-0.2, 0) is 7.05 Å². The Morgan fingerprint density at radius 1 is 1.12 bits per heavy atom. The summed E-state index contributed by atoms with van der Waals surface area (Å²) < 4.78 is 1.89. The van der Waals surface area contributed by atoms with Gasteiger partial charge in [0, 0.05) is 22.4 Å². The topological polar surface area (TPSA) is 122 Å². The van der Waals surface area contributed by atoms with Crippen molar-refractivity contribution in [2.75, 3.05) is 32.9 Å². The number of aromatic nitrogens is 2. The Bertz CT molecular complexity index is 1420. The van der Waals surface area contributed by atoms with Crippen molar-refractivity contribution < 1.29 is 10.0 Å². The van der Waals surface area contributed by atoms with E-state index in [9.17, 15) is 15.2 Å². The van der Waals surface area contributed by atoms with Crippen LogP contribution in [-0.4, -0.2) is 47.6 Å². The van der Waals surface area contributed by atoms with Gasteiger partial charge >= 0.3 is 5.82 Å². The molecule has 2 aromatic carbocycles. The molecule has 170 valence electrons. The Morgan fingerprint density at radius 3 is 2.45 bits per heavy atom. The van der Waals surface area contributed by atoms with Gasteiger partial charge in [0.05, 0.1) is 50.5 Å². The second kappa shape index (κ2) is 8.18. The van der Waals surface area contributed by atoms with Crippen molar-refractivity contribution in [3.63, 3.8) is 0 Å². The summed E-state index contributed by atoms with van der Waals surface area (Å²) in [5, 5.41) is 25.8. The summed E-state index contributed by atoms with van der Waals surface area (Å²) in [5.74, 6) is 0.412. The highest BCUT2D eigenvalue weighted by atomic mass is 16.6. The fraction of sp³-hybridized carbons (Fsp3) is 0.250. The Balaban J connectivity index is 1.65. The van der Waals surface area contributed by atoms with Crippen LogP contribution in [0.15, 0.2) is 53.5 Å². The van der Waals surface area contributed by atoms with E-state index in [1.54, 1.807) is 29.8 Å². The van der Waals surface area contributed by atoms with Crippen molar-refractivity contribution in [2.45, 2.75) is 6.92 Å². The van der Waals surface area contributed by atoms with Gasteiger partial charge < -0.3 is 21.0 Å². The van der Waals surface area contributed by atoms with Crippen LogP contribution < -0.4 is 15.3 Å². The molecule has 9 heteroatoms. The average molecular weight is 447 g/mol. The Kier molecular flexibility index (Phi) is 5.51. The number of nitrogen functional groups attached to an aromatic ring is 1. The van der Waals surface area contributed by atoms with E-state index < -0.39 is 4.92 Å². The van der Waals surface area contributed by atoms with E-state index in [0.717, 1.165) is 27.7 Å². The van der Waals surface area contributed by atoms with Gasteiger partial charge in [-0.3, -0.25) is 9.48 Å². The molecule has 4 rings (SSSR count). The lowest BCUT2D eigenvalue weighted by Crippen LogP contribution is -2.44. The second-order valence-corrected chi connectivity index (χ2v) is 8.66. The Morgan fingerprint density at radius 2 is 1.79 bits per heavy atom. The molecule has 0 saturated heterocycles. The van der Waals surface area contributed by atoms with Gasteiger partial charge in [-0.25, -0.2) is 4.98 Å². The van der Waals surface area contributed by atoms with Crippen LogP contribution in [0.4, 0.5) is 17.3 Å². The summed E-state index contributed by atoms with van der Waals surface area (Å²) in [6, 6.07) is 14.4. The van der Waals surface area contributed by atoms with E-state index in [0.29, 0.717) is 27.8 Å². The Hall–Kier alpha value is -3.98. The lowest BCUT2D eigenvalue weighted by atomic mass is 10.0. The van der Waals surface area contributed by atoms with Crippen molar-refractivity contribution in [3.8, 4) is 0 Å². The summed E-state index contributed by atoms with van der Waals surface area (Å²) in [5.41, 5.74) is 9.71. The monoisotopic (exact) mass is 446 g/mol. The SMILES string of the molecule is Cc1cccc2c(N)c3cccc(C([O-])=NCC[N+](C)(C)c4ccc([N+](=O)[O-])n4C)c3nc12. The third kappa shape index (κ3) is 3.87. The third-order valence-corrected chi connectivity index (χ3v) is 6.10. The molecular weight excluding hydrogens is 420 g/mol. The van der Waals surface area contributed by atoms with Crippen LogP contribution in [0, 0.1) is 17.0 Å². The minimum Gasteiger partial charge on any atom is -0.858 e. The molecule has 0 unspecified atom stereocenters. The number of hydrogen-bond acceptors (Lipinski definition) is 6. The van der Waals surface area contributed by atoms with E-state index in [4.69, 9.17) is 10.7 Å². The summed E-state index contributed by atoms with van der Waals surface area (Å²) >= 11 is 0. The number of quaternary nitrogens is 1. The van der Waals surface area contributed by atoms with Crippen molar-refractivity contribution in [1.29, 1.82) is 0 Å². The lowest BCUT2D eigenvalue weighted by Gasteiger charge is -2.26. The van der Waals surface area contributed by atoms with Gasteiger partial charge in [-0.05, 0) is 23.3 Å². The number of para-hydroxylation sites is 2. The largest absolute Gasteiger partial charge is 0.858 e. The van der Waals surface area contributed by atoms with Gasteiger partial charge in [-0.2, -0.15) is 4.57 Å². The van der Waals surface area contributed by atoms with Crippen LogP contribution in [0.3, 0.4) is 0 Å². The predicted octanol–water partition coefficient (Wildman–Crippen LogP) is 2.90. The van der Waals surface area contributed by atoms with Crippen LogP contribution in [0.2, 0.25) is 0 Å². The summed E-state index contributed by atoms with van der Waals surface area (Å²) in [6.07, 6.45) is 0. The molecule has 0 aliphatic heterocycles. The predicted molar refractivity (Wildman–Crippen MR) is 130 cm³/mol. The number of fused-ring (bicyclic) bond motifs is 2. The minimum absolute atomic E-state index is 0.0196. The van der Waals surface area contributed by atoms with E-state index in [2.05, 4.69) is 4.99 Å². The average Bonchev–Trinajstić information content (AvgIpc) is 3.17. The van der Waals surface area contributed by atoms with Crippen LogP contribution in [0.5, 0.6) is 0 Å². The van der Waals surface area contributed by atoms with Crippen molar-refractivity contribution in [3.05, 3.63) is 69.8 Å². The summed E-state index contributed by atoms with van der Waals surface area (Å²) in [4.78, 5) is 19.8. The summed E-state index contributed by atoms with van der Waals surface area (Å²) in [7, 11) is 5.51. The first kappa shape index (κ1) is 22.2. The van der Waals surface area contributed by atoms with Gasteiger partial charge in [-0.1, -0.05) is 36.4 Å². The smallest absolute Gasteiger partial charge is 0.327 e. The number of aliphatic imine (C=N–C) groups is 1. The van der Waals surface area contributed by atoms with E-state index in [1.807, 2.05) is 45.3 Å². The zero-order valence-electron chi connectivity index (χ0n) is 19.1. The minimum atomic E-state index is -0.415. The zero-order valence-corrected chi connectivity index (χ0v) is 19.1. The normalized spacial score (nSPS) is 12.5. The van der Waals surface area contributed by atoms with Gasteiger partial charge in [0.1, 0.15) is 6.54 Å². The number of nitrogens with zero attached hydrogens (tertiary/aromatic N) is 5. The van der Waals surface area contributed by atoms with Crippen LogP contribution in [0.25, 0.3) is 21.8 Å². The number of aryl methyl sites for hydroxylation is 1. The molecule has 0 atom stereocenters. The van der Waals surface area contributed by atoms with Gasteiger partial charge in [0.2, 0.25) is 0 Å². The lowest BCUT2D eigenvalue weighted by molar-refractivity contribution is -0.391. The van der Waals surface area contributed by atoms with Gasteiger partial charge in [0.15, 0.2) is 0 Å². The molecule has 0 radical (unpaired) electrons. The number of nitrogens with two attached hydrogens (primary N) is 1. The first-order valence-electron chi connectivity index (χ1n) is 10.5. The number of hydrogen-bond donors (Lipinski definition) is 1. The number of anilines is 1. The molecule has 33 heavy (non-hydrogen) atoms. The highest BCUT2D eigenvalue weighted by Gasteiger charge is 2.29. The second-order valence-electron chi connectivity index (χ2n) is 8.66. The number of nitro groups is 1.